The number of nitrogens with one attached hydrogen (secondary N) is 2. The van der Waals surface area contributed by atoms with Crippen LogP contribution in [-0.2, 0) is 4.79 Å². The number of hydrogen-bond donors (Lipinski definition) is 2. The van der Waals surface area contributed by atoms with Crippen LogP contribution in [0.3, 0.4) is 0 Å². The lowest BCUT2D eigenvalue weighted by Gasteiger charge is -2.14. The molecule has 1 aromatic heterocycles. The van der Waals surface area contributed by atoms with E-state index in [-0.39, 0.29) is 23.2 Å². The summed E-state index contributed by atoms with van der Waals surface area (Å²) in [7, 11) is 3.02. The monoisotopic (exact) mass is 601 g/mol. The smallest absolute Gasteiger partial charge is 0.342 e. The molecule has 190 valence electrons. The van der Waals surface area contributed by atoms with Crippen molar-refractivity contribution in [2.24, 2.45) is 5.10 Å². The average Bonchev–Trinajstić information content (AvgIpc) is 3.33. The Bertz CT molecular complexity index is 1430. The van der Waals surface area contributed by atoms with E-state index in [1.54, 1.807) is 25.3 Å². The van der Waals surface area contributed by atoms with Gasteiger partial charge in [0.15, 0.2) is 0 Å². The first-order valence-corrected chi connectivity index (χ1v) is 12.9. The first-order chi connectivity index (χ1) is 17.9. The normalized spacial score (nSPS) is 11.0. The number of carbonyl (C=O) groups is 1. The van der Waals surface area contributed by atoms with Gasteiger partial charge < -0.3 is 14.6 Å². The maximum absolute atomic E-state index is 12.5. The fraction of sp³-hybridized carbons (Fsp3) is 0.120. The molecule has 37 heavy (non-hydrogen) atoms. The van der Waals surface area contributed by atoms with Crippen molar-refractivity contribution in [2.45, 2.75) is 5.16 Å². The molecule has 0 saturated carbocycles. The van der Waals surface area contributed by atoms with Crippen molar-refractivity contribution < 1.29 is 23.9 Å². The van der Waals surface area contributed by atoms with E-state index in [0.29, 0.717) is 20.2 Å². The molecule has 12 heteroatoms. The molecule has 0 atom stereocenters. The topological polar surface area (TPSA) is 116 Å². The summed E-state index contributed by atoms with van der Waals surface area (Å²) < 4.78 is 12.6. The van der Waals surface area contributed by atoms with Gasteiger partial charge in [-0.25, -0.2) is 5.43 Å². The van der Waals surface area contributed by atoms with Crippen LogP contribution >= 0.6 is 39.3 Å². The second kappa shape index (κ2) is 12.1. The van der Waals surface area contributed by atoms with Gasteiger partial charge in [0.1, 0.15) is 17.2 Å². The molecule has 0 spiro atoms. The van der Waals surface area contributed by atoms with Gasteiger partial charge >= 0.3 is 5.16 Å². The van der Waals surface area contributed by atoms with Gasteiger partial charge in [-0.15, -0.1) is 5.10 Å². The van der Waals surface area contributed by atoms with E-state index < -0.39 is 0 Å². The van der Waals surface area contributed by atoms with E-state index in [1.807, 2.05) is 41.0 Å². The molecule has 2 N–H and O–H groups in total. The molecule has 0 unspecified atom stereocenters. The zero-order chi connectivity index (χ0) is 26.4. The van der Waals surface area contributed by atoms with Crippen molar-refractivity contribution in [1.29, 1.82) is 0 Å². The highest BCUT2D eigenvalue weighted by Crippen LogP contribution is 2.32. The van der Waals surface area contributed by atoms with Crippen molar-refractivity contribution >= 4 is 51.4 Å². The van der Waals surface area contributed by atoms with Gasteiger partial charge in [0, 0.05) is 9.50 Å². The molecule has 4 aromatic rings. The van der Waals surface area contributed by atoms with E-state index in [1.165, 1.54) is 31.2 Å². The summed E-state index contributed by atoms with van der Waals surface area (Å²) in [5, 5.41) is 24.6. The van der Waals surface area contributed by atoms with Crippen LogP contribution in [0.25, 0.3) is 17.1 Å². The maximum atomic E-state index is 12.5. The number of benzene rings is 3. The second-order valence-electron chi connectivity index (χ2n) is 7.51. The van der Waals surface area contributed by atoms with Crippen molar-refractivity contribution in [1.82, 2.24) is 15.6 Å². The number of amides is 1. The summed E-state index contributed by atoms with van der Waals surface area (Å²) >= 11 is 10.5. The molecule has 0 radical (unpaired) electrons. The Hall–Kier alpha value is -3.54. The zero-order valence-corrected chi connectivity index (χ0v) is 22.9. The predicted octanol–water partition coefficient (Wildman–Crippen LogP) is 4.10. The molecule has 0 aliphatic heterocycles. The number of thioether (sulfide) groups is 1. The van der Waals surface area contributed by atoms with Crippen molar-refractivity contribution in [2.75, 3.05) is 20.0 Å². The SMILES string of the molecule is COc1ccc(-c2[nH]nc(SCC(=O)NN=Cc3cc(Br)c([O-])c(OC)c3)[n+]2-c2ccc(Cl)cc2)cc1. The highest BCUT2D eigenvalue weighted by atomic mass is 79.9. The third kappa shape index (κ3) is 6.43. The third-order valence-electron chi connectivity index (χ3n) is 5.11. The Kier molecular flexibility index (Phi) is 8.70. The predicted molar refractivity (Wildman–Crippen MR) is 144 cm³/mol. The number of halogens is 2. The Balaban J connectivity index is 1.50. The highest BCUT2D eigenvalue weighted by molar-refractivity contribution is 9.10. The van der Waals surface area contributed by atoms with Crippen LogP contribution in [0.2, 0.25) is 5.02 Å². The summed E-state index contributed by atoms with van der Waals surface area (Å²) in [6, 6.07) is 18.0. The number of ether oxygens (including phenoxy) is 2. The molecule has 0 saturated heterocycles. The first kappa shape index (κ1) is 26.5. The lowest BCUT2D eigenvalue weighted by molar-refractivity contribution is -0.625. The number of aromatic nitrogens is 3. The van der Waals surface area contributed by atoms with Crippen molar-refractivity contribution in [3.63, 3.8) is 0 Å². The molecule has 0 aliphatic carbocycles. The maximum Gasteiger partial charge on any atom is 0.342 e. The third-order valence-corrected chi connectivity index (χ3v) is 6.89. The van der Waals surface area contributed by atoms with Crippen molar-refractivity contribution in [3.05, 3.63) is 75.7 Å². The minimum atomic E-state index is -0.329. The van der Waals surface area contributed by atoms with Crippen LogP contribution in [0.4, 0.5) is 0 Å². The average molecular weight is 603 g/mol. The molecule has 3 aromatic carbocycles. The van der Waals surface area contributed by atoms with Gasteiger partial charge in [-0.1, -0.05) is 33.3 Å². The van der Waals surface area contributed by atoms with Gasteiger partial charge in [-0.2, -0.15) is 9.67 Å². The molecule has 9 nitrogen and oxygen atoms in total. The summed E-state index contributed by atoms with van der Waals surface area (Å²) in [6.07, 6.45) is 1.43. The Labute approximate surface area is 230 Å². The Morgan fingerprint density at radius 2 is 1.92 bits per heavy atom. The van der Waals surface area contributed by atoms with Crippen LogP contribution in [-0.4, -0.2) is 42.3 Å². The molecule has 1 amide bonds. The number of nitrogens with zero attached hydrogens (tertiary/aromatic N) is 3. The van der Waals surface area contributed by atoms with Crippen LogP contribution in [0, 0.1) is 0 Å². The first-order valence-electron chi connectivity index (χ1n) is 10.8. The van der Waals surface area contributed by atoms with Crippen LogP contribution < -0.4 is 24.6 Å². The number of rotatable bonds is 9. The van der Waals surface area contributed by atoms with Gasteiger partial charge in [-0.05, 0) is 78.0 Å². The molecule has 0 bridgehead atoms. The molecule has 0 aliphatic rings. The number of methoxy groups -OCH3 is 2. The summed E-state index contributed by atoms with van der Waals surface area (Å²) in [5.74, 6) is 1.11. The lowest BCUT2D eigenvalue weighted by Crippen LogP contribution is -2.34. The standard InChI is InChI=1S/C25H21BrClN5O4S/c1-35-19-9-3-16(4-10-19)24-30-31-25(32(24)18-7-5-17(27)6-8-18)37-14-22(33)29-28-13-15-11-20(26)23(34)21(12-15)36-2/h3-13H,14H2,1-2H3,(H2,28,29,33,34). The molecule has 0 fully saturated rings. The number of H-pyrrole nitrogens is 1. The summed E-state index contributed by atoms with van der Waals surface area (Å²) in [6.45, 7) is 0. The largest absolute Gasteiger partial charge is 0.869 e. The van der Waals surface area contributed by atoms with Gasteiger partial charge in [0.25, 0.3) is 11.7 Å². The van der Waals surface area contributed by atoms with Crippen LogP contribution in [0.15, 0.2) is 75.4 Å². The quantitative estimate of drug-likeness (QED) is 0.129. The molecular formula is C25H21BrClN5O4S. The molecule has 1 heterocycles. The Morgan fingerprint density at radius 3 is 2.59 bits per heavy atom. The van der Waals surface area contributed by atoms with Crippen LogP contribution in [0.5, 0.6) is 17.2 Å². The van der Waals surface area contributed by atoms with Gasteiger partial charge in [0.2, 0.25) is 0 Å². The van der Waals surface area contributed by atoms with Crippen molar-refractivity contribution in [3.8, 4) is 34.3 Å². The number of hydrogen-bond acceptors (Lipinski definition) is 7. The van der Waals surface area contributed by atoms with Crippen LogP contribution in [0.1, 0.15) is 5.56 Å². The van der Waals surface area contributed by atoms with Gasteiger partial charge in [0.05, 0.1) is 36.8 Å². The molecule has 4 rings (SSSR count). The number of carbonyl (C=O) groups excluding carboxylic acids is 1. The fourth-order valence-electron chi connectivity index (χ4n) is 3.32. The van der Waals surface area contributed by atoms with E-state index in [9.17, 15) is 9.90 Å². The minimum absolute atomic E-state index is 0.0599. The van der Waals surface area contributed by atoms with E-state index >= 15 is 0 Å². The van der Waals surface area contributed by atoms with E-state index in [0.717, 1.165) is 22.8 Å². The summed E-state index contributed by atoms with van der Waals surface area (Å²) in [5.41, 5.74) is 4.79. The zero-order valence-electron chi connectivity index (χ0n) is 19.7. The number of hydrazone groups is 1. The Morgan fingerprint density at radius 1 is 1.19 bits per heavy atom. The second-order valence-corrected chi connectivity index (χ2v) is 9.74. The van der Waals surface area contributed by atoms with Gasteiger partial charge in [-0.3, -0.25) is 4.79 Å². The molecular weight excluding hydrogens is 582 g/mol. The summed E-state index contributed by atoms with van der Waals surface area (Å²) in [4.78, 5) is 12.5. The highest BCUT2D eigenvalue weighted by Gasteiger charge is 2.24. The van der Waals surface area contributed by atoms with E-state index in [2.05, 4.69) is 36.7 Å². The number of aromatic amines is 1. The lowest BCUT2D eigenvalue weighted by atomic mass is 10.2. The fourth-order valence-corrected chi connectivity index (χ4v) is 4.67. The van der Waals surface area contributed by atoms with E-state index in [4.69, 9.17) is 21.1 Å². The minimum Gasteiger partial charge on any atom is -0.869 e.